The van der Waals surface area contributed by atoms with Crippen molar-refractivity contribution in [2.24, 2.45) is 5.92 Å². The highest BCUT2D eigenvalue weighted by atomic mass is 16.5. The van der Waals surface area contributed by atoms with Gasteiger partial charge in [-0.25, -0.2) is 4.68 Å². The van der Waals surface area contributed by atoms with E-state index in [2.05, 4.69) is 15.5 Å². The minimum absolute atomic E-state index is 0.0126. The van der Waals surface area contributed by atoms with Crippen molar-refractivity contribution >= 4 is 5.97 Å². The molecule has 0 saturated carbocycles. The normalized spacial score (nSPS) is 12.6. The predicted octanol–water partition coefficient (Wildman–Crippen LogP) is 0.320. The van der Waals surface area contributed by atoms with E-state index in [1.54, 1.807) is 4.68 Å². The second-order valence-electron chi connectivity index (χ2n) is 3.62. The van der Waals surface area contributed by atoms with Crippen molar-refractivity contribution in [3.63, 3.8) is 0 Å². The summed E-state index contributed by atoms with van der Waals surface area (Å²) in [5, 5.41) is 19.8. The van der Waals surface area contributed by atoms with E-state index in [-0.39, 0.29) is 12.3 Å². The van der Waals surface area contributed by atoms with Crippen LogP contribution in [0, 0.1) is 5.92 Å². The van der Waals surface area contributed by atoms with E-state index in [4.69, 9.17) is 9.84 Å². The van der Waals surface area contributed by atoms with Crippen LogP contribution in [0.25, 0.3) is 0 Å². The molecule has 16 heavy (non-hydrogen) atoms. The molecule has 0 radical (unpaired) electrons. The van der Waals surface area contributed by atoms with Gasteiger partial charge in [-0.15, -0.1) is 5.10 Å². The first-order valence-corrected chi connectivity index (χ1v) is 5.18. The lowest BCUT2D eigenvalue weighted by Gasteiger charge is -2.09. The monoisotopic (exact) mass is 228 g/mol. The fraction of sp³-hybridized carbons (Fsp3) is 0.778. The van der Waals surface area contributed by atoms with Gasteiger partial charge in [-0.05, 0) is 23.3 Å². The number of ether oxygens (including phenoxy) is 1. The van der Waals surface area contributed by atoms with E-state index in [0.717, 1.165) is 0 Å². The highest BCUT2D eigenvalue weighted by molar-refractivity contribution is 5.66. The van der Waals surface area contributed by atoms with Gasteiger partial charge in [0.15, 0.2) is 5.82 Å². The maximum atomic E-state index is 10.5. The molecule has 1 atom stereocenters. The summed E-state index contributed by atoms with van der Waals surface area (Å²) in [4.78, 5) is 10.5. The van der Waals surface area contributed by atoms with E-state index in [1.807, 2.05) is 13.8 Å². The van der Waals surface area contributed by atoms with Gasteiger partial charge in [-0.1, -0.05) is 6.92 Å². The van der Waals surface area contributed by atoms with Gasteiger partial charge in [0, 0.05) is 19.6 Å². The van der Waals surface area contributed by atoms with Crippen LogP contribution in [0.4, 0.5) is 0 Å². The summed E-state index contributed by atoms with van der Waals surface area (Å²) in [6, 6.07) is 0. The van der Waals surface area contributed by atoms with Gasteiger partial charge in [0.1, 0.15) is 6.61 Å². The van der Waals surface area contributed by atoms with Crippen LogP contribution < -0.4 is 0 Å². The second-order valence-corrected chi connectivity index (χ2v) is 3.62. The molecule has 1 heterocycles. The molecule has 0 bridgehead atoms. The van der Waals surface area contributed by atoms with E-state index in [1.165, 1.54) is 0 Å². The van der Waals surface area contributed by atoms with Crippen molar-refractivity contribution in [2.45, 2.75) is 33.4 Å². The molecule has 0 aromatic carbocycles. The maximum Gasteiger partial charge on any atom is 0.303 e. The first-order valence-electron chi connectivity index (χ1n) is 5.18. The summed E-state index contributed by atoms with van der Waals surface area (Å²) in [6.45, 7) is 5.17. The average molecular weight is 228 g/mol. The Bertz CT molecular complexity index is 339. The number of aliphatic carboxylic acids is 1. The van der Waals surface area contributed by atoms with Crippen LogP contribution in [-0.2, 0) is 22.7 Å². The van der Waals surface area contributed by atoms with Crippen LogP contribution in [0.2, 0.25) is 0 Å². The van der Waals surface area contributed by atoms with Gasteiger partial charge < -0.3 is 9.84 Å². The minimum Gasteiger partial charge on any atom is -0.481 e. The van der Waals surface area contributed by atoms with Crippen LogP contribution in [0.3, 0.4) is 0 Å². The lowest BCUT2D eigenvalue weighted by atomic mass is 10.1. The third-order valence-electron chi connectivity index (χ3n) is 2.05. The molecule has 0 aliphatic heterocycles. The Morgan fingerprint density at radius 1 is 1.62 bits per heavy atom. The fourth-order valence-corrected chi connectivity index (χ4v) is 1.32. The SMILES string of the molecule is CCOCc1nnnn1CC(C)CC(=O)O. The van der Waals surface area contributed by atoms with Gasteiger partial charge in [-0.3, -0.25) is 4.79 Å². The number of carboxylic acids is 1. The number of nitrogens with zero attached hydrogens (tertiary/aromatic N) is 4. The van der Waals surface area contributed by atoms with Gasteiger partial charge in [0.25, 0.3) is 0 Å². The van der Waals surface area contributed by atoms with E-state index < -0.39 is 5.97 Å². The number of hydrogen-bond acceptors (Lipinski definition) is 5. The fourth-order valence-electron chi connectivity index (χ4n) is 1.32. The Hall–Kier alpha value is -1.50. The maximum absolute atomic E-state index is 10.5. The van der Waals surface area contributed by atoms with E-state index >= 15 is 0 Å². The first kappa shape index (κ1) is 12.6. The predicted molar refractivity (Wildman–Crippen MR) is 54.6 cm³/mol. The van der Waals surface area contributed by atoms with Gasteiger partial charge in [0.2, 0.25) is 0 Å². The summed E-state index contributed by atoms with van der Waals surface area (Å²) in [6.07, 6.45) is 0.105. The van der Waals surface area contributed by atoms with Crippen LogP contribution in [0.15, 0.2) is 0 Å². The van der Waals surface area contributed by atoms with Crippen LogP contribution in [-0.4, -0.2) is 37.9 Å². The molecule has 1 aromatic heterocycles. The molecular formula is C9H16N4O3. The van der Waals surface area contributed by atoms with Crippen molar-refractivity contribution in [1.29, 1.82) is 0 Å². The molecule has 1 aromatic rings. The van der Waals surface area contributed by atoms with Crippen molar-refractivity contribution < 1.29 is 14.6 Å². The molecule has 90 valence electrons. The Morgan fingerprint density at radius 2 is 2.38 bits per heavy atom. The molecule has 0 aliphatic carbocycles. The summed E-state index contributed by atoms with van der Waals surface area (Å²) >= 11 is 0. The topological polar surface area (TPSA) is 90.1 Å². The van der Waals surface area contributed by atoms with E-state index in [0.29, 0.717) is 25.6 Å². The molecule has 0 aliphatic rings. The lowest BCUT2D eigenvalue weighted by molar-refractivity contribution is -0.138. The van der Waals surface area contributed by atoms with Gasteiger partial charge in [0.05, 0.1) is 0 Å². The summed E-state index contributed by atoms with van der Waals surface area (Å²) in [5.41, 5.74) is 0. The first-order chi connectivity index (χ1) is 7.63. The van der Waals surface area contributed by atoms with Gasteiger partial charge in [-0.2, -0.15) is 0 Å². The quantitative estimate of drug-likeness (QED) is 0.722. The highest BCUT2D eigenvalue weighted by Crippen LogP contribution is 2.06. The van der Waals surface area contributed by atoms with E-state index in [9.17, 15) is 4.79 Å². The molecule has 1 rings (SSSR count). The molecule has 7 heteroatoms. The highest BCUT2D eigenvalue weighted by Gasteiger charge is 2.12. The number of carboxylic acid groups (broad SMARTS) is 1. The third kappa shape index (κ3) is 3.93. The minimum atomic E-state index is -0.813. The Kier molecular flexibility index (Phi) is 4.84. The van der Waals surface area contributed by atoms with Crippen molar-refractivity contribution in [2.75, 3.05) is 6.61 Å². The number of carbonyl (C=O) groups is 1. The largest absolute Gasteiger partial charge is 0.481 e. The molecule has 7 nitrogen and oxygen atoms in total. The number of tetrazole rings is 1. The lowest BCUT2D eigenvalue weighted by Crippen LogP contribution is -2.15. The standard InChI is InChI=1S/C9H16N4O3/c1-3-16-6-8-10-11-12-13(8)5-7(2)4-9(14)15/h7H,3-6H2,1-2H3,(H,14,15). The summed E-state index contributed by atoms with van der Waals surface area (Å²) in [5.74, 6) is -0.201. The molecule has 1 N–H and O–H groups in total. The smallest absolute Gasteiger partial charge is 0.303 e. The molecule has 0 amide bonds. The van der Waals surface area contributed by atoms with Crippen LogP contribution >= 0.6 is 0 Å². The zero-order chi connectivity index (χ0) is 12.0. The molecule has 0 saturated heterocycles. The Morgan fingerprint density at radius 3 is 3.00 bits per heavy atom. The molecule has 0 fully saturated rings. The number of hydrogen-bond donors (Lipinski definition) is 1. The van der Waals surface area contributed by atoms with Crippen molar-refractivity contribution in [3.8, 4) is 0 Å². The summed E-state index contributed by atoms with van der Waals surface area (Å²) < 4.78 is 6.79. The summed E-state index contributed by atoms with van der Waals surface area (Å²) in [7, 11) is 0. The van der Waals surface area contributed by atoms with Crippen molar-refractivity contribution in [1.82, 2.24) is 20.2 Å². The van der Waals surface area contributed by atoms with Gasteiger partial charge >= 0.3 is 5.97 Å². The number of rotatable bonds is 7. The Labute approximate surface area is 93.4 Å². The molecular weight excluding hydrogens is 212 g/mol. The van der Waals surface area contributed by atoms with Crippen LogP contribution in [0.5, 0.6) is 0 Å². The third-order valence-corrected chi connectivity index (χ3v) is 2.05. The van der Waals surface area contributed by atoms with Crippen molar-refractivity contribution in [3.05, 3.63) is 5.82 Å². The van der Waals surface area contributed by atoms with Crippen LogP contribution in [0.1, 0.15) is 26.1 Å². The second kappa shape index (κ2) is 6.16. The molecule has 1 unspecified atom stereocenters. The zero-order valence-corrected chi connectivity index (χ0v) is 9.46. The molecule has 0 spiro atoms. The Balaban J connectivity index is 2.52. The number of aromatic nitrogens is 4. The zero-order valence-electron chi connectivity index (χ0n) is 9.46. The average Bonchev–Trinajstić information content (AvgIpc) is 2.61.